The molecule has 1 saturated heterocycles. The number of ketones is 1. The largest absolute Gasteiger partial charge is 0.486 e. The van der Waals surface area contributed by atoms with Crippen LogP contribution in [0.5, 0.6) is 11.5 Å². The number of rotatable bonds is 6. The zero-order valence-corrected chi connectivity index (χ0v) is 19.9. The van der Waals surface area contributed by atoms with E-state index in [1.165, 1.54) is 0 Å². The standard InChI is InChI=1S/C27H27N3O5/c1-17-13-21(18(2)29(17)14-20-16-34-23-11-7-8-12-24(23)35-20)22(31)15-30-25(32)27(3,28-26(30)33)19-9-5-4-6-10-19/h4-13,20H,14-16H2,1-3H3,(H,28,33)/t20-,27-/m1/s1. The molecule has 1 N–H and O–H groups in total. The van der Waals surface area contributed by atoms with Crippen molar-refractivity contribution in [2.24, 2.45) is 0 Å². The summed E-state index contributed by atoms with van der Waals surface area (Å²) in [6, 6.07) is 17.8. The number of aromatic nitrogens is 1. The minimum absolute atomic E-state index is 0.213. The van der Waals surface area contributed by atoms with Gasteiger partial charge in [-0.15, -0.1) is 0 Å². The lowest BCUT2D eigenvalue weighted by molar-refractivity contribution is -0.130. The summed E-state index contributed by atoms with van der Waals surface area (Å²) >= 11 is 0. The molecule has 0 bridgehead atoms. The van der Waals surface area contributed by atoms with Gasteiger partial charge in [0.15, 0.2) is 23.4 Å². The van der Waals surface area contributed by atoms with Gasteiger partial charge in [-0.3, -0.25) is 14.5 Å². The highest BCUT2D eigenvalue weighted by atomic mass is 16.6. The number of benzene rings is 2. The van der Waals surface area contributed by atoms with Crippen molar-refractivity contribution in [3.63, 3.8) is 0 Å². The van der Waals surface area contributed by atoms with Gasteiger partial charge in [0.25, 0.3) is 5.91 Å². The highest BCUT2D eigenvalue weighted by molar-refractivity contribution is 6.11. The third kappa shape index (κ3) is 3.95. The van der Waals surface area contributed by atoms with Crippen molar-refractivity contribution < 1.29 is 23.9 Å². The summed E-state index contributed by atoms with van der Waals surface area (Å²) in [5.41, 5.74) is 1.59. The van der Waals surface area contributed by atoms with E-state index in [0.29, 0.717) is 30.0 Å². The second-order valence-electron chi connectivity index (χ2n) is 9.13. The van der Waals surface area contributed by atoms with Gasteiger partial charge in [-0.2, -0.15) is 0 Å². The number of carbonyl (C=O) groups is 3. The molecule has 0 aliphatic carbocycles. The molecule has 35 heavy (non-hydrogen) atoms. The smallest absolute Gasteiger partial charge is 0.325 e. The average Bonchev–Trinajstić information content (AvgIpc) is 3.27. The number of para-hydroxylation sites is 2. The van der Waals surface area contributed by atoms with Crippen molar-refractivity contribution in [3.05, 3.63) is 83.2 Å². The number of nitrogens with zero attached hydrogens (tertiary/aromatic N) is 2. The molecule has 0 radical (unpaired) electrons. The van der Waals surface area contributed by atoms with E-state index in [1.54, 1.807) is 25.1 Å². The number of amides is 3. The second-order valence-corrected chi connectivity index (χ2v) is 9.13. The zero-order chi connectivity index (χ0) is 24.7. The van der Waals surface area contributed by atoms with Crippen molar-refractivity contribution >= 4 is 17.7 Å². The molecule has 3 heterocycles. The third-order valence-corrected chi connectivity index (χ3v) is 6.76. The molecule has 2 aromatic carbocycles. The summed E-state index contributed by atoms with van der Waals surface area (Å²) in [6.45, 7) is 6.02. The molecule has 3 amide bonds. The maximum Gasteiger partial charge on any atom is 0.325 e. The second kappa shape index (κ2) is 8.61. The van der Waals surface area contributed by atoms with Gasteiger partial charge >= 0.3 is 6.03 Å². The Kier molecular flexibility index (Phi) is 5.59. The monoisotopic (exact) mass is 473 g/mol. The van der Waals surface area contributed by atoms with Gasteiger partial charge in [0, 0.05) is 17.0 Å². The Bertz CT molecular complexity index is 1320. The molecule has 1 fully saturated rings. The fourth-order valence-electron chi connectivity index (χ4n) is 4.76. The first kappa shape index (κ1) is 22.7. The van der Waals surface area contributed by atoms with E-state index >= 15 is 0 Å². The number of urea groups is 1. The summed E-state index contributed by atoms with van der Waals surface area (Å²) in [5.74, 6) is 0.678. The molecule has 0 unspecified atom stereocenters. The van der Waals surface area contributed by atoms with Crippen LogP contribution in [-0.2, 0) is 16.9 Å². The number of hydrogen-bond donors (Lipinski definition) is 1. The van der Waals surface area contributed by atoms with E-state index in [1.807, 2.05) is 60.9 Å². The molecular weight excluding hydrogens is 446 g/mol. The summed E-state index contributed by atoms with van der Waals surface area (Å²) in [7, 11) is 0. The van der Waals surface area contributed by atoms with Crippen molar-refractivity contribution in [3.8, 4) is 11.5 Å². The Morgan fingerprint density at radius 1 is 1.06 bits per heavy atom. The van der Waals surface area contributed by atoms with Crippen LogP contribution < -0.4 is 14.8 Å². The van der Waals surface area contributed by atoms with Crippen molar-refractivity contribution in [2.75, 3.05) is 13.2 Å². The highest BCUT2D eigenvalue weighted by Gasteiger charge is 2.49. The van der Waals surface area contributed by atoms with Gasteiger partial charge in [-0.05, 0) is 44.5 Å². The Balaban J connectivity index is 1.32. The minimum Gasteiger partial charge on any atom is -0.486 e. The van der Waals surface area contributed by atoms with Gasteiger partial charge in [-0.25, -0.2) is 4.79 Å². The van der Waals surface area contributed by atoms with Crippen molar-refractivity contribution in [1.29, 1.82) is 0 Å². The molecule has 2 aliphatic rings. The normalized spacial score (nSPS) is 21.2. The highest BCUT2D eigenvalue weighted by Crippen LogP contribution is 2.32. The van der Waals surface area contributed by atoms with Gasteiger partial charge in [-0.1, -0.05) is 42.5 Å². The average molecular weight is 474 g/mol. The van der Waals surface area contributed by atoms with Gasteiger partial charge in [0.2, 0.25) is 0 Å². The Labute approximate surface area is 203 Å². The Morgan fingerprint density at radius 2 is 1.74 bits per heavy atom. The number of nitrogens with one attached hydrogen (secondary N) is 1. The van der Waals surface area contributed by atoms with Crippen LogP contribution in [0.3, 0.4) is 0 Å². The molecule has 3 aromatic rings. The lowest BCUT2D eigenvalue weighted by Gasteiger charge is -2.27. The summed E-state index contributed by atoms with van der Waals surface area (Å²) in [4.78, 5) is 40.1. The third-order valence-electron chi connectivity index (χ3n) is 6.76. The first-order chi connectivity index (χ1) is 16.8. The topological polar surface area (TPSA) is 89.9 Å². The molecule has 0 spiro atoms. The number of carbonyl (C=O) groups excluding carboxylic acids is 3. The Morgan fingerprint density at radius 3 is 2.49 bits per heavy atom. The summed E-state index contributed by atoms with van der Waals surface area (Å²) in [6.07, 6.45) is -0.213. The molecule has 8 nitrogen and oxygen atoms in total. The molecule has 2 atom stereocenters. The van der Waals surface area contributed by atoms with Crippen LogP contribution in [0.2, 0.25) is 0 Å². The van der Waals surface area contributed by atoms with Crippen molar-refractivity contribution in [1.82, 2.24) is 14.8 Å². The van der Waals surface area contributed by atoms with E-state index in [9.17, 15) is 14.4 Å². The van der Waals surface area contributed by atoms with Crippen LogP contribution in [0.1, 0.15) is 34.2 Å². The fourth-order valence-corrected chi connectivity index (χ4v) is 4.76. The van der Waals surface area contributed by atoms with Crippen LogP contribution in [0, 0.1) is 13.8 Å². The van der Waals surface area contributed by atoms with Gasteiger partial charge in [0.1, 0.15) is 12.1 Å². The van der Waals surface area contributed by atoms with Gasteiger partial charge in [0.05, 0.1) is 13.1 Å². The molecular formula is C27H27N3O5. The fraction of sp³-hybridized carbons (Fsp3) is 0.296. The molecule has 1 aromatic heterocycles. The number of fused-ring (bicyclic) bond motifs is 1. The number of Topliss-reactive ketones (excluding diaryl/α,β-unsaturated/α-hetero) is 1. The lowest BCUT2D eigenvalue weighted by atomic mass is 9.92. The Hall–Kier alpha value is -4.07. The van der Waals surface area contributed by atoms with E-state index in [2.05, 4.69) is 5.32 Å². The van der Waals surface area contributed by atoms with E-state index in [4.69, 9.17) is 9.47 Å². The predicted octanol–water partition coefficient (Wildman–Crippen LogP) is 3.59. The van der Waals surface area contributed by atoms with E-state index in [-0.39, 0.29) is 18.4 Å². The minimum atomic E-state index is -1.20. The molecule has 180 valence electrons. The summed E-state index contributed by atoms with van der Waals surface area (Å²) < 4.78 is 13.9. The summed E-state index contributed by atoms with van der Waals surface area (Å²) in [5, 5.41) is 2.75. The van der Waals surface area contributed by atoms with Crippen LogP contribution in [0.4, 0.5) is 4.79 Å². The number of hydrogen-bond acceptors (Lipinski definition) is 5. The van der Waals surface area contributed by atoms with Gasteiger partial charge < -0.3 is 19.4 Å². The van der Waals surface area contributed by atoms with E-state index in [0.717, 1.165) is 22.0 Å². The SMILES string of the molecule is Cc1cc(C(=O)CN2C(=O)N[C@](C)(c3ccccc3)C2=O)c(C)n1C[C@@H]1COc2ccccc2O1. The molecule has 8 heteroatoms. The van der Waals surface area contributed by atoms with E-state index < -0.39 is 17.5 Å². The quantitative estimate of drug-likeness (QED) is 0.437. The van der Waals surface area contributed by atoms with Crippen LogP contribution in [0.15, 0.2) is 60.7 Å². The number of ether oxygens (including phenoxy) is 2. The lowest BCUT2D eigenvalue weighted by Crippen LogP contribution is -2.41. The number of aryl methyl sites for hydroxylation is 1. The first-order valence-electron chi connectivity index (χ1n) is 11.6. The maximum absolute atomic E-state index is 13.2. The maximum atomic E-state index is 13.2. The van der Waals surface area contributed by atoms with Crippen LogP contribution >= 0.6 is 0 Å². The first-order valence-corrected chi connectivity index (χ1v) is 11.6. The van der Waals surface area contributed by atoms with Crippen LogP contribution in [-0.4, -0.2) is 46.4 Å². The number of imide groups is 1. The van der Waals surface area contributed by atoms with Crippen molar-refractivity contribution in [2.45, 2.75) is 39.0 Å². The molecule has 2 aliphatic heterocycles. The zero-order valence-electron chi connectivity index (χ0n) is 19.9. The van der Waals surface area contributed by atoms with Crippen LogP contribution in [0.25, 0.3) is 0 Å². The predicted molar refractivity (Wildman–Crippen MR) is 129 cm³/mol. The molecule has 0 saturated carbocycles. The molecule has 5 rings (SSSR count).